The Labute approximate surface area is 151 Å². The topological polar surface area (TPSA) is 58.6 Å². The molecule has 6 heteroatoms. The minimum absolute atomic E-state index is 0.0328. The zero-order chi connectivity index (χ0) is 18.0. The van der Waals surface area contributed by atoms with Crippen LogP contribution in [0.15, 0.2) is 42.5 Å². The van der Waals surface area contributed by atoms with Gasteiger partial charge in [-0.2, -0.15) is 0 Å². The van der Waals surface area contributed by atoms with Gasteiger partial charge in [-0.05, 0) is 36.2 Å². The van der Waals surface area contributed by atoms with E-state index in [1.54, 1.807) is 47.4 Å². The van der Waals surface area contributed by atoms with Crippen molar-refractivity contribution in [3.8, 4) is 5.75 Å². The molecule has 0 atom stereocenters. The van der Waals surface area contributed by atoms with Gasteiger partial charge >= 0.3 is 0 Å². The van der Waals surface area contributed by atoms with Crippen LogP contribution in [0.1, 0.15) is 24.2 Å². The van der Waals surface area contributed by atoms with E-state index < -0.39 is 0 Å². The molecular weight excluding hydrogens is 340 g/mol. The van der Waals surface area contributed by atoms with Crippen LogP contribution in [-0.4, -0.2) is 25.0 Å². The Bertz CT molecular complexity index is 820. The summed E-state index contributed by atoms with van der Waals surface area (Å²) in [5, 5.41) is 3.21. The Hall–Kier alpha value is -2.53. The molecular formula is C19H19ClN2O3. The molecule has 0 saturated heterocycles. The molecule has 0 aromatic heterocycles. The van der Waals surface area contributed by atoms with E-state index in [0.29, 0.717) is 40.2 Å². The molecule has 2 aromatic rings. The van der Waals surface area contributed by atoms with Gasteiger partial charge < -0.3 is 15.0 Å². The third kappa shape index (κ3) is 3.77. The number of halogens is 1. The van der Waals surface area contributed by atoms with E-state index >= 15 is 0 Å². The van der Waals surface area contributed by atoms with Crippen LogP contribution in [0, 0.1) is 5.92 Å². The van der Waals surface area contributed by atoms with Crippen LogP contribution in [0.25, 0.3) is 0 Å². The first-order chi connectivity index (χ1) is 12.0. The highest BCUT2D eigenvalue weighted by Gasteiger charge is 2.26. The molecule has 0 bridgehead atoms. The van der Waals surface area contributed by atoms with E-state index in [2.05, 4.69) is 5.32 Å². The molecule has 2 amide bonds. The number of hydrogen-bond acceptors (Lipinski definition) is 3. The van der Waals surface area contributed by atoms with E-state index in [4.69, 9.17) is 16.3 Å². The Morgan fingerprint density at radius 1 is 1.28 bits per heavy atom. The summed E-state index contributed by atoms with van der Waals surface area (Å²) in [6.45, 7) is 4.72. The van der Waals surface area contributed by atoms with E-state index in [1.165, 1.54) is 0 Å². The first-order valence-corrected chi connectivity index (χ1v) is 8.46. The monoisotopic (exact) mass is 358 g/mol. The first-order valence-electron chi connectivity index (χ1n) is 8.09. The fourth-order valence-electron chi connectivity index (χ4n) is 2.69. The fourth-order valence-corrected chi connectivity index (χ4v) is 2.91. The largest absolute Gasteiger partial charge is 0.482 e. The number of nitrogens with one attached hydrogen (secondary N) is 1. The highest BCUT2D eigenvalue weighted by atomic mass is 35.5. The van der Waals surface area contributed by atoms with Crippen LogP contribution in [-0.2, 0) is 4.79 Å². The van der Waals surface area contributed by atoms with Crippen LogP contribution < -0.4 is 15.0 Å². The van der Waals surface area contributed by atoms with Gasteiger partial charge in [0.05, 0.1) is 16.3 Å². The number of carbonyl (C=O) groups is 2. The number of rotatable bonds is 4. The molecule has 0 aliphatic carbocycles. The molecule has 130 valence electrons. The van der Waals surface area contributed by atoms with E-state index in [0.717, 1.165) is 0 Å². The molecule has 5 nitrogen and oxygen atoms in total. The van der Waals surface area contributed by atoms with Gasteiger partial charge in [0.15, 0.2) is 6.61 Å². The average molecular weight is 359 g/mol. The Morgan fingerprint density at radius 2 is 2.04 bits per heavy atom. The molecule has 0 fully saturated rings. The lowest BCUT2D eigenvalue weighted by Gasteiger charge is -2.31. The van der Waals surface area contributed by atoms with Crippen molar-refractivity contribution in [2.75, 3.05) is 23.4 Å². The molecule has 0 unspecified atom stereocenters. The van der Waals surface area contributed by atoms with Gasteiger partial charge in [0.2, 0.25) is 0 Å². The summed E-state index contributed by atoms with van der Waals surface area (Å²) in [6, 6.07) is 12.1. The third-order valence-electron chi connectivity index (χ3n) is 3.83. The highest BCUT2D eigenvalue weighted by Crippen LogP contribution is 2.35. The minimum atomic E-state index is -0.302. The number of carbonyl (C=O) groups excluding carboxylic acids is 2. The summed E-state index contributed by atoms with van der Waals surface area (Å²) in [5.41, 5.74) is 1.64. The lowest BCUT2D eigenvalue weighted by Crippen LogP contribution is -2.41. The first kappa shape index (κ1) is 17.3. The molecule has 1 aliphatic rings. The summed E-state index contributed by atoms with van der Waals surface area (Å²) < 4.78 is 5.49. The van der Waals surface area contributed by atoms with E-state index in [9.17, 15) is 9.59 Å². The standard InChI is InChI=1S/C19H19ClN2O3/c1-12(2)10-22-16-9-13(7-8-17(16)25-11-18(22)23)21-19(24)14-5-3-4-6-15(14)20/h3-9,12H,10-11H2,1-2H3,(H,21,24). The Kier molecular flexibility index (Phi) is 4.95. The Morgan fingerprint density at radius 3 is 2.76 bits per heavy atom. The molecule has 0 radical (unpaired) electrons. The highest BCUT2D eigenvalue weighted by molar-refractivity contribution is 6.34. The quantitative estimate of drug-likeness (QED) is 0.899. The number of anilines is 2. The lowest BCUT2D eigenvalue weighted by molar-refractivity contribution is -0.121. The van der Waals surface area contributed by atoms with Crippen molar-refractivity contribution in [2.45, 2.75) is 13.8 Å². The van der Waals surface area contributed by atoms with Crippen LogP contribution in [0.4, 0.5) is 11.4 Å². The van der Waals surface area contributed by atoms with Crippen molar-refractivity contribution in [3.63, 3.8) is 0 Å². The molecule has 0 spiro atoms. The van der Waals surface area contributed by atoms with Gasteiger partial charge in [-0.15, -0.1) is 0 Å². The molecule has 1 N–H and O–H groups in total. The van der Waals surface area contributed by atoms with Crippen LogP contribution >= 0.6 is 11.6 Å². The number of nitrogens with zero attached hydrogens (tertiary/aromatic N) is 1. The number of benzene rings is 2. The van der Waals surface area contributed by atoms with Crippen LogP contribution in [0.2, 0.25) is 5.02 Å². The normalized spacial score (nSPS) is 13.4. The molecule has 25 heavy (non-hydrogen) atoms. The third-order valence-corrected chi connectivity index (χ3v) is 4.16. The van der Waals surface area contributed by atoms with Crippen molar-refractivity contribution >= 4 is 34.8 Å². The summed E-state index contributed by atoms with van der Waals surface area (Å²) >= 11 is 6.07. The van der Waals surface area contributed by atoms with E-state index in [-0.39, 0.29) is 18.4 Å². The minimum Gasteiger partial charge on any atom is -0.482 e. The second kappa shape index (κ2) is 7.15. The molecule has 3 rings (SSSR count). The van der Waals surface area contributed by atoms with Gasteiger partial charge in [0, 0.05) is 12.2 Å². The van der Waals surface area contributed by atoms with Gasteiger partial charge in [-0.1, -0.05) is 37.6 Å². The van der Waals surface area contributed by atoms with Crippen molar-refractivity contribution < 1.29 is 14.3 Å². The van der Waals surface area contributed by atoms with E-state index in [1.807, 2.05) is 13.8 Å². The molecule has 1 aliphatic heterocycles. The molecule has 0 saturated carbocycles. The molecule has 2 aromatic carbocycles. The number of ether oxygens (including phenoxy) is 1. The van der Waals surface area contributed by atoms with Gasteiger partial charge in [0.25, 0.3) is 11.8 Å². The van der Waals surface area contributed by atoms with Crippen LogP contribution in [0.3, 0.4) is 0 Å². The summed E-state index contributed by atoms with van der Waals surface area (Å²) in [7, 11) is 0. The van der Waals surface area contributed by atoms with Crippen LogP contribution in [0.5, 0.6) is 5.75 Å². The average Bonchev–Trinajstić information content (AvgIpc) is 2.57. The SMILES string of the molecule is CC(C)CN1C(=O)COc2ccc(NC(=O)c3ccccc3Cl)cc21. The van der Waals surface area contributed by atoms with Crippen molar-refractivity contribution in [2.24, 2.45) is 5.92 Å². The van der Waals surface area contributed by atoms with Crippen molar-refractivity contribution in [1.29, 1.82) is 0 Å². The fraction of sp³-hybridized carbons (Fsp3) is 0.263. The summed E-state index contributed by atoms with van der Waals surface area (Å²) in [6.07, 6.45) is 0. The van der Waals surface area contributed by atoms with Crippen molar-refractivity contribution in [1.82, 2.24) is 0 Å². The summed E-state index contributed by atoms with van der Waals surface area (Å²) in [5.74, 6) is 0.562. The van der Waals surface area contributed by atoms with Crippen molar-refractivity contribution in [3.05, 3.63) is 53.1 Å². The predicted molar refractivity (Wildman–Crippen MR) is 98.5 cm³/mol. The van der Waals surface area contributed by atoms with Gasteiger partial charge in [-0.25, -0.2) is 0 Å². The number of amides is 2. The number of hydrogen-bond donors (Lipinski definition) is 1. The second-order valence-corrected chi connectivity index (χ2v) is 6.71. The second-order valence-electron chi connectivity index (χ2n) is 6.30. The number of fused-ring (bicyclic) bond motifs is 1. The van der Waals surface area contributed by atoms with Gasteiger partial charge in [-0.3, -0.25) is 9.59 Å². The maximum Gasteiger partial charge on any atom is 0.265 e. The lowest BCUT2D eigenvalue weighted by atomic mass is 10.1. The predicted octanol–water partition coefficient (Wildman–Crippen LogP) is 3.97. The maximum absolute atomic E-state index is 12.4. The zero-order valence-electron chi connectivity index (χ0n) is 14.1. The zero-order valence-corrected chi connectivity index (χ0v) is 14.8. The smallest absolute Gasteiger partial charge is 0.265 e. The van der Waals surface area contributed by atoms with Gasteiger partial charge in [0.1, 0.15) is 5.75 Å². The maximum atomic E-state index is 12.4. The Balaban J connectivity index is 1.87. The summed E-state index contributed by atoms with van der Waals surface area (Å²) in [4.78, 5) is 26.3. The molecule has 1 heterocycles.